The molecule has 0 radical (unpaired) electrons. The van der Waals surface area contributed by atoms with Crippen molar-refractivity contribution in [3.63, 3.8) is 0 Å². The highest BCUT2D eigenvalue weighted by Gasteiger charge is 2.46. The van der Waals surface area contributed by atoms with Gasteiger partial charge in [0.05, 0.1) is 11.5 Å². The second-order valence-electron chi connectivity index (χ2n) is 6.48. The molecule has 0 saturated heterocycles. The first-order chi connectivity index (χ1) is 14.2. The fourth-order valence-electron chi connectivity index (χ4n) is 2.61. The van der Waals surface area contributed by atoms with Gasteiger partial charge in [-0.1, -0.05) is 6.08 Å². The molecule has 1 aliphatic rings. The third-order valence-corrected chi connectivity index (χ3v) is 8.47. The van der Waals surface area contributed by atoms with Gasteiger partial charge >= 0.3 is 18.1 Å². The number of hydrogen-bond acceptors (Lipinski definition) is 6. The van der Waals surface area contributed by atoms with Crippen molar-refractivity contribution in [1.82, 2.24) is 0 Å². The van der Waals surface area contributed by atoms with Crippen LogP contribution in [0.5, 0.6) is 0 Å². The van der Waals surface area contributed by atoms with E-state index >= 15 is 0 Å². The summed E-state index contributed by atoms with van der Waals surface area (Å²) in [5.74, 6) is -4.71. The number of benzene rings is 1. The summed E-state index contributed by atoms with van der Waals surface area (Å²) in [6, 6.07) is 3.57. The Morgan fingerprint density at radius 3 is 2.32 bits per heavy atom. The largest absolute Gasteiger partial charge is 0.455 e. The second-order valence-corrected chi connectivity index (χ2v) is 11.5. The standard InChI is InChI=1S/C17H14F3I3O7S/c18-17(19,20)13(7-31(26,27)28)30-15(24)8-1-3-10(4-2-8)29-16(25)11-5-9(21)6-12(22)14(11)23/h1,3,5-6,8,10,13H,2,4,7H2,(H,26,27,28). The van der Waals surface area contributed by atoms with Crippen LogP contribution in [0.25, 0.3) is 0 Å². The van der Waals surface area contributed by atoms with E-state index in [2.05, 4.69) is 49.9 Å². The Morgan fingerprint density at radius 2 is 1.81 bits per heavy atom. The minimum absolute atomic E-state index is 0.0324. The smallest absolute Gasteiger partial charge is 0.426 e. The molecule has 3 atom stereocenters. The van der Waals surface area contributed by atoms with Crippen LogP contribution in [0.3, 0.4) is 0 Å². The average Bonchev–Trinajstić information content (AvgIpc) is 2.62. The minimum Gasteiger partial charge on any atom is -0.455 e. The fraction of sp³-hybridized carbons (Fsp3) is 0.412. The number of carbonyl (C=O) groups is 2. The van der Waals surface area contributed by atoms with Gasteiger partial charge in [-0.05, 0) is 98.8 Å². The van der Waals surface area contributed by atoms with E-state index in [0.29, 0.717) is 5.56 Å². The lowest BCUT2D eigenvalue weighted by atomic mass is 9.94. The number of ether oxygens (including phenoxy) is 2. The Balaban J connectivity index is 2.02. The predicted octanol–water partition coefficient (Wildman–Crippen LogP) is 4.35. The molecule has 172 valence electrons. The van der Waals surface area contributed by atoms with E-state index in [1.54, 1.807) is 6.07 Å². The summed E-state index contributed by atoms with van der Waals surface area (Å²) in [6.45, 7) is 0. The van der Waals surface area contributed by atoms with Gasteiger partial charge in [-0.15, -0.1) is 0 Å². The fourth-order valence-corrected chi connectivity index (χ4v) is 5.62. The van der Waals surface area contributed by atoms with E-state index in [1.807, 2.05) is 28.7 Å². The van der Waals surface area contributed by atoms with Crippen molar-refractivity contribution >= 4 is 89.8 Å². The summed E-state index contributed by atoms with van der Waals surface area (Å²) in [4.78, 5) is 24.5. The van der Waals surface area contributed by atoms with Crippen molar-refractivity contribution in [2.45, 2.75) is 31.2 Å². The summed E-state index contributed by atoms with van der Waals surface area (Å²) < 4.78 is 81.1. The molecule has 1 aromatic carbocycles. The molecule has 0 spiro atoms. The molecule has 1 aromatic rings. The van der Waals surface area contributed by atoms with Gasteiger partial charge in [-0.25, -0.2) is 4.79 Å². The molecule has 1 N–H and O–H groups in total. The first-order valence-corrected chi connectivity index (χ1v) is 13.3. The van der Waals surface area contributed by atoms with Crippen LogP contribution >= 0.6 is 67.8 Å². The zero-order valence-corrected chi connectivity index (χ0v) is 22.5. The highest BCUT2D eigenvalue weighted by atomic mass is 127. The normalized spacial score (nSPS) is 20.2. The van der Waals surface area contributed by atoms with E-state index in [9.17, 15) is 31.2 Å². The SMILES string of the molecule is O=C(OC1C=CC(C(=O)OC(CS(=O)(=O)O)C(F)(F)F)CC1)c1cc(I)cc(I)c1I. The van der Waals surface area contributed by atoms with Crippen molar-refractivity contribution < 1.29 is 45.2 Å². The minimum atomic E-state index is -5.16. The van der Waals surface area contributed by atoms with E-state index in [4.69, 9.17) is 9.29 Å². The number of halogens is 6. The number of carbonyl (C=O) groups excluding carboxylic acids is 2. The van der Waals surface area contributed by atoms with Crippen LogP contribution in [0.1, 0.15) is 23.2 Å². The van der Waals surface area contributed by atoms with E-state index in [0.717, 1.165) is 10.7 Å². The molecule has 0 heterocycles. The molecule has 0 saturated carbocycles. The zero-order valence-electron chi connectivity index (χ0n) is 15.2. The molecule has 31 heavy (non-hydrogen) atoms. The molecule has 14 heteroatoms. The van der Waals surface area contributed by atoms with Gasteiger partial charge in [-0.3, -0.25) is 9.35 Å². The predicted molar refractivity (Wildman–Crippen MR) is 128 cm³/mol. The van der Waals surface area contributed by atoms with Gasteiger partial charge in [0.15, 0.2) is 0 Å². The van der Waals surface area contributed by atoms with Crippen LogP contribution < -0.4 is 0 Å². The Bertz CT molecular complexity index is 995. The average molecular weight is 800 g/mol. The van der Waals surface area contributed by atoms with Crippen LogP contribution in [0, 0.1) is 16.6 Å². The van der Waals surface area contributed by atoms with Crippen molar-refractivity contribution in [3.05, 3.63) is 40.6 Å². The molecule has 0 fully saturated rings. The third-order valence-electron chi connectivity index (χ3n) is 4.08. The van der Waals surface area contributed by atoms with Crippen molar-refractivity contribution in [2.75, 3.05) is 5.75 Å². The van der Waals surface area contributed by atoms with E-state index < -0.39 is 52.1 Å². The van der Waals surface area contributed by atoms with E-state index in [1.165, 1.54) is 12.2 Å². The van der Waals surface area contributed by atoms with Crippen molar-refractivity contribution in [3.8, 4) is 0 Å². The Morgan fingerprint density at radius 1 is 1.16 bits per heavy atom. The maximum atomic E-state index is 12.9. The Hall–Kier alpha value is -0.210. The Labute approximate surface area is 216 Å². The van der Waals surface area contributed by atoms with Gasteiger partial charge in [0.25, 0.3) is 10.1 Å². The molecule has 0 amide bonds. The molecule has 7 nitrogen and oxygen atoms in total. The highest BCUT2D eigenvalue weighted by Crippen LogP contribution is 2.29. The molecule has 0 aromatic heterocycles. The van der Waals surface area contributed by atoms with Crippen LogP contribution in [-0.4, -0.2) is 49.0 Å². The summed E-state index contributed by atoms with van der Waals surface area (Å²) in [5, 5.41) is 0. The summed E-state index contributed by atoms with van der Waals surface area (Å²) in [6.07, 6.45) is -6.00. The van der Waals surface area contributed by atoms with Crippen LogP contribution in [0.4, 0.5) is 13.2 Å². The molecular formula is C17H14F3I3O7S. The van der Waals surface area contributed by atoms with Crippen molar-refractivity contribution in [2.24, 2.45) is 5.92 Å². The number of rotatable bonds is 6. The lowest BCUT2D eigenvalue weighted by Gasteiger charge is -2.25. The van der Waals surface area contributed by atoms with Crippen molar-refractivity contribution in [1.29, 1.82) is 0 Å². The third kappa shape index (κ3) is 8.26. The second kappa shape index (κ2) is 10.8. The molecule has 0 aliphatic heterocycles. The monoisotopic (exact) mass is 800 g/mol. The molecular weight excluding hydrogens is 786 g/mol. The van der Waals surface area contributed by atoms with E-state index in [-0.39, 0.29) is 12.8 Å². The summed E-state index contributed by atoms with van der Waals surface area (Å²) >= 11 is 6.19. The van der Waals surface area contributed by atoms with Gasteiger partial charge in [0.2, 0.25) is 6.10 Å². The van der Waals surface area contributed by atoms with Gasteiger partial charge in [-0.2, -0.15) is 21.6 Å². The van der Waals surface area contributed by atoms with Crippen LogP contribution in [0.2, 0.25) is 0 Å². The number of alkyl halides is 3. The quantitative estimate of drug-likeness (QED) is 0.150. The topological polar surface area (TPSA) is 107 Å². The molecule has 1 aliphatic carbocycles. The maximum Gasteiger partial charge on any atom is 0.426 e. The zero-order chi connectivity index (χ0) is 23.6. The first-order valence-electron chi connectivity index (χ1n) is 8.43. The summed E-state index contributed by atoms with van der Waals surface area (Å²) in [7, 11) is -5.02. The molecule has 3 unspecified atom stereocenters. The number of esters is 2. The first kappa shape index (κ1) is 27.0. The number of hydrogen-bond donors (Lipinski definition) is 1. The van der Waals surface area contributed by atoms with Gasteiger partial charge in [0.1, 0.15) is 11.9 Å². The summed E-state index contributed by atoms with van der Waals surface area (Å²) in [5.41, 5.74) is 0.380. The van der Waals surface area contributed by atoms with Gasteiger partial charge in [0, 0.05) is 10.7 Å². The molecule has 0 bridgehead atoms. The highest BCUT2D eigenvalue weighted by molar-refractivity contribution is 14.1. The maximum absolute atomic E-state index is 12.9. The van der Waals surface area contributed by atoms with Crippen LogP contribution in [0.15, 0.2) is 24.3 Å². The van der Waals surface area contributed by atoms with Crippen LogP contribution in [-0.2, 0) is 24.4 Å². The molecule has 2 rings (SSSR count). The lowest BCUT2D eigenvalue weighted by molar-refractivity contribution is -0.217. The van der Waals surface area contributed by atoms with Gasteiger partial charge < -0.3 is 9.47 Å². The lowest BCUT2D eigenvalue weighted by Crippen LogP contribution is -2.41. The Kier molecular flexibility index (Phi) is 9.43.